The number of primary amides is 4. The normalized spacial score (nSPS) is 10.5. The molecule has 5 rings (SSSR count). The van der Waals surface area contributed by atoms with Crippen LogP contribution in [0, 0.1) is 0 Å². The van der Waals surface area contributed by atoms with Crippen molar-refractivity contribution in [3.63, 3.8) is 0 Å². The van der Waals surface area contributed by atoms with E-state index in [-0.39, 0.29) is 33.4 Å². The van der Waals surface area contributed by atoms with E-state index < -0.39 is 35.4 Å². The lowest BCUT2D eigenvalue weighted by Crippen LogP contribution is -2.16. The Balaban J connectivity index is 1.35. The van der Waals surface area contributed by atoms with Crippen LogP contribution < -0.4 is 33.6 Å². The Morgan fingerprint density at radius 2 is 0.792 bits per heavy atom. The van der Waals surface area contributed by atoms with E-state index >= 15 is 0 Å². The zero-order valence-electron chi connectivity index (χ0n) is 25.2. The van der Waals surface area contributed by atoms with Crippen LogP contribution in [-0.4, -0.2) is 35.4 Å². The van der Waals surface area contributed by atoms with Crippen molar-refractivity contribution in [1.29, 1.82) is 0 Å². The van der Waals surface area contributed by atoms with E-state index in [0.29, 0.717) is 33.6 Å². The summed E-state index contributed by atoms with van der Waals surface area (Å²) in [7, 11) is 0. The van der Waals surface area contributed by atoms with E-state index in [1.165, 1.54) is 36.4 Å². The summed E-state index contributed by atoms with van der Waals surface area (Å²) < 4.78 is 0. The van der Waals surface area contributed by atoms with Gasteiger partial charge in [-0.3, -0.25) is 28.8 Å². The monoisotopic (exact) mass is 640 g/mol. The second-order valence-corrected chi connectivity index (χ2v) is 10.6. The van der Waals surface area contributed by atoms with Crippen LogP contribution in [0.25, 0.3) is 22.3 Å². The maximum absolute atomic E-state index is 13.2. The van der Waals surface area contributed by atoms with Crippen LogP contribution >= 0.6 is 0 Å². The Kier molecular flexibility index (Phi) is 9.09. The summed E-state index contributed by atoms with van der Waals surface area (Å²) in [6.07, 6.45) is 0. The van der Waals surface area contributed by atoms with E-state index in [9.17, 15) is 28.8 Å². The van der Waals surface area contributed by atoms with Crippen molar-refractivity contribution in [1.82, 2.24) is 0 Å². The SMILES string of the molecule is NC(=O)c1ccc(C(N)=O)c(-c2cccc(C(=O)Nc3cccc(NC(=O)c4cccc(-c5cc(C(N)=O)ccc5C(N)=O)c4)c3)c2)c1. The highest BCUT2D eigenvalue weighted by molar-refractivity contribution is 6.09. The molecule has 0 spiro atoms. The van der Waals surface area contributed by atoms with E-state index in [2.05, 4.69) is 10.6 Å². The largest absolute Gasteiger partial charge is 0.366 e. The molecule has 0 aliphatic carbocycles. The summed E-state index contributed by atoms with van der Waals surface area (Å²) >= 11 is 0. The Bertz CT molecular complexity index is 2010. The van der Waals surface area contributed by atoms with Gasteiger partial charge in [-0.25, -0.2) is 0 Å². The molecule has 0 fully saturated rings. The summed E-state index contributed by atoms with van der Waals surface area (Å²) in [5.41, 5.74) is 25.4. The lowest BCUT2D eigenvalue weighted by molar-refractivity contribution is 0.0988. The molecule has 0 aliphatic rings. The maximum Gasteiger partial charge on any atom is 0.255 e. The highest BCUT2D eigenvalue weighted by atomic mass is 16.2. The third-order valence-corrected chi connectivity index (χ3v) is 7.39. The molecule has 0 radical (unpaired) electrons. The van der Waals surface area contributed by atoms with Crippen LogP contribution in [0.15, 0.2) is 109 Å². The average molecular weight is 641 g/mol. The molecule has 0 saturated carbocycles. The molecule has 0 heterocycles. The number of carbonyl (C=O) groups is 6. The topological polar surface area (TPSA) is 231 Å². The first kappa shape index (κ1) is 32.3. The van der Waals surface area contributed by atoms with Crippen LogP contribution in [0.5, 0.6) is 0 Å². The zero-order valence-corrected chi connectivity index (χ0v) is 25.2. The van der Waals surface area contributed by atoms with Crippen molar-refractivity contribution in [2.75, 3.05) is 10.6 Å². The van der Waals surface area contributed by atoms with Gasteiger partial charge in [0.05, 0.1) is 0 Å². The van der Waals surface area contributed by atoms with Gasteiger partial charge in [-0.1, -0.05) is 30.3 Å². The summed E-state index contributed by atoms with van der Waals surface area (Å²) in [4.78, 5) is 74.1. The fraction of sp³-hybridized carbons (Fsp3) is 0. The summed E-state index contributed by atoms with van der Waals surface area (Å²) in [5, 5.41) is 5.56. The third kappa shape index (κ3) is 7.08. The zero-order chi connectivity index (χ0) is 34.5. The number of amides is 6. The molecule has 238 valence electrons. The van der Waals surface area contributed by atoms with Gasteiger partial charge in [-0.2, -0.15) is 0 Å². The van der Waals surface area contributed by atoms with Gasteiger partial charge in [0.2, 0.25) is 23.6 Å². The van der Waals surface area contributed by atoms with Gasteiger partial charge < -0.3 is 33.6 Å². The number of anilines is 2. The second-order valence-electron chi connectivity index (χ2n) is 10.6. The maximum atomic E-state index is 13.2. The first-order valence-electron chi connectivity index (χ1n) is 14.3. The summed E-state index contributed by atoms with van der Waals surface area (Å²) in [6, 6.07) is 27.8. The second kappa shape index (κ2) is 13.5. The van der Waals surface area contributed by atoms with Crippen LogP contribution in [0.4, 0.5) is 11.4 Å². The Morgan fingerprint density at radius 3 is 1.17 bits per heavy atom. The van der Waals surface area contributed by atoms with Gasteiger partial charge >= 0.3 is 0 Å². The molecular weight excluding hydrogens is 612 g/mol. The number of nitrogens with one attached hydrogen (secondary N) is 2. The van der Waals surface area contributed by atoms with E-state index in [0.717, 1.165) is 0 Å². The molecule has 0 aromatic heterocycles. The lowest BCUT2D eigenvalue weighted by atomic mass is 9.95. The van der Waals surface area contributed by atoms with Gasteiger partial charge in [0, 0.05) is 44.8 Å². The van der Waals surface area contributed by atoms with Crippen LogP contribution in [0.3, 0.4) is 0 Å². The first-order valence-corrected chi connectivity index (χ1v) is 14.3. The summed E-state index contributed by atoms with van der Waals surface area (Å²) in [6.45, 7) is 0. The van der Waals surface area contributed by atoms with E-state index in [1.807, 2.05) is 0 Å². The van der Waals surface area contributed by atoms with Gasteiger partial charge in [-0.05, 0) is 101 Å². The molecule has 5 aromatic rings. The van der Waals surface area contributed by atoms with Gasteiger partial charge in [0.1, 0.15) is 0 Å². The number of rotatable bonds is 10. The molecule has 0 aliphatic heterocycles. The van der Waals surface area contributed by atoms with Crippen LogP contribution in [-0.2, 0) is 0 Å². The Morgan fingerprint density at radius 1 is 0.396 bits per heavy atom. The molecule has 10 N–H and O–H groups in total. The van der Waals surface area contributed by atoms with Crippen molar-refractivity contribution in [2.24, 2.45) is 22.9 Å². The number of hydrogen-bond acceptors (Lipinski definition) is 6. The molecule has 6 amide bonds. The smallest absolute Gasteiger partial charge is 0.255 e. The predicted molar refractivity (Wildman–Crippen MR) is 180 cm³/mol. The highest BCUT2D eigenvalue weighted by Gasteiger charge is 2.17. The third-order valence-electron chi connectivity index (χ3n) is 7.39. The van der Waals surface area contributed by atoms with Crippen LogP contribution in [0.1, 0.15) is 62.1 Å². The molecule has 48 heavy (non-hydrogen) atoms. The minimum atomic E-state index is -0.714. The van der Waals surface area contributed by atoms with E-state index in [4.69, 9.17) is 22.9 Å². The molecule has 0 atom stereocenters. The number of nitrogens with two attached hydrogens (primary N) is 4. The molecule has 12 nitrogen and oxygen atoms in total. The van der Waals surface area contributed by atoms with Crippen molar-refractivity contribution in [3.05, 3.63) is 143 Å². The minimum Gasteiger partial charge on any atom is -0.366 e. The van der Waals surface area contributed by atoms with E-state index in [1.54, 1.807) is 72.8 Å². The van der Waals surface area contributed by atoms with Gasteiger partial charge in [-0.15, -0.1) is 0 Å². The summed E-state index contributed by atoms with van der Waals surface area (Å²) in [5.74, 6) is -3.77. The highest BCUT2D eigenvalue weighted by Crippen LogP contribution is 2.28. The number of hydrogen-bond donors (Lipinski definition) is 6. The number of carbonyl (C=O) groups excluding carboxylic acids is 6. The predicted octanol–water partition coefficient (Wildman–Crippen LogP) is 3.92. The molecule has 0 bridgehead atoms. The van der Waals surface area contributed by atoms with Crippen molar-refractivity contribution >= 4 is 46.8 Å². The Labute approximate surface area is 273 Å². The van der Waals surface area contributed by atoms with Crippen molar-refractivity contribution in [2.45, 2.75) is 0 Å². The minimum absolute atomic E-state index is 0.152. The molecule has 0 unspecified atom stereocenters. The van der Waals surface area contributed by atoms with Gasteiger partial charge in [0.15, 0.2) is 0 Å². The first-order chi connectivity index (χ1) is 22.9. The Hall–Kier alpha value is -7.08. The van der Waals surface area contributed by atoms with Crippen molar-refractivity contribution < 1.29 is 28.8 Å². The molecule has 5 aromatic carbocycles. The molecule has 0 saturated heterocycles. The molecular formula is C36H28N6O6. The number of benzene rings is 5. The standard InChI is InChI=1S/C36H28N6O6/c37-31(43)21-10-12-27(33(39)45)29(16-21)19-4-1-6-23(14-19)35(47)41-25-8-3-9-26(18-25)42-36(48)24-7-2-5-20(15-24)30-17-22(32(38)44)11-13-28(30)34(40)46/h1-18H,(H2,37,43)(H2,38,44)(H2,39,45)(H2,40,46)(H,41,47)(H,42,48). The molecule has 12 heteroatoms. The lowest BCUT2D eigenvalue weighted by Gasteiger charge is -2.12. The van der Waals surface area contributed by atoms with Gasteiger partial charge in [0.25, 0.3) is 11.8 Å². The fourth-order valence-electron chi connectivity index (χ4n) is 5.04. The quantitative estimate of drug-likeness (QED) is 0.132. The van der Waals surface area contributed by atoms with Crippen LogP contribution in [0.2, 0.25) is 0 Å². The fourth-order valence-corrected chi connectivity index (χ4v) is 5.04. The average Bonchev–Trinajstić information content (AvgIpc) is 3.07. The van der Waals surface area contributed by atoms with Crippen molar-refractivity contribution in [3.8, 4) is 22.3 Å².